The second-order valence-electron chi connectivity index (χ2n) is 9.47. The zero-order valence-corrected chi connectivity index (χ0v) is 20.0. The van der Waals surface area contributed by atoms with Gasteiger partial charge in [0.05, 0.1) is 5.56 Å². The van der Waals surface area contributed by atoms with Crippen LogP contribution in [0.3, 0.4) is 0 Å². The third kappa shape index (κ3) is 4.11. The minimum Gasteiger partial charge on any atom is -0.317 e. The molecular weight excluding hydrogens is 428 g/mol. The van der Waals surface area contributed by atoms with E-state index in [1.54, 1.807) is 17.0 Å². The molecule has 1 aliphatic carbocycles. The summed E-state index contributed by atoms with van der Waals surface area (Å²) in [6, 6.07) is 6.12. The smallest absolute Gasteiger partial charge is 0.263 e. The molecule has 178 valence electrons. The number of nitrogens with one attached hydrogen (secondary N) is 1. The first-order chi connectivity index (χ1) is 16.6. The van der Waals surface area contributed by atoms with Gasteiger partial charge in [-0.25, -0.2) is 9.97 Å². The van der Waals surface area contributed by atoms with Gasteiger partial charge < -0.3 is 5.32 Å². The van der Waals surface area contributed by atoms with Crippen molar-refractivity contribution in [1.29, 1.82) is 0 Å². The van der Waals surface area contributed by atoms with Crippen LogP contribution < -0.4 is 15.8 Å². The largest absolute Gasteiger partial charge is 0.317 e. The molecule has 0 bridgehead atoms. The van der Waals surface area contributed by atoms with E-state index in [-0.39, 0.29) is 29.0 Å². The Hall–Kier alpha value is -3.13. The van der Waals surface area contributed by atoms with E-state index in [9.17, 15) is 9.59 Å². The number of rotatable bonds is 5. The van der Waals surface area contributed by atoms with Crippen molar-refractivity contribution in [2.75, 3.05) is 18.0 Å². The highest BCUT2D eigenvalue weighted by Gasteiger charge is 2.29. The van der Waals surface area contributed by atoms with Gasteiger partial charge in [0, 0.05) is 29.9 Å². The molecule has 0 aromatic carbocycles. The summed E-state index contributed by atoms with van der Waals surface area (Å²) in [5, 5.41) is 4.24. The fourth-order valence-corrected chi connectivity index (χ4v) is 5.56. The quantitative estimate of drug-likeness (QED) is 0.573. The molecule has 3 aromatic rings. The number of fused-ring (bicyclic) bond motifs is 1. The fourth-order valence-electron chi connectivity index (χ4n) is 5.56. The maximum atomic E-state index is 13.6. The topological polar surface area (TPSA) is 93.0 Å². The summed E-state index contributed by atoms with van der Waals surface area (Å²) in [5.74, 6) is 1.15. The lowest BCUT2D eigenvalue weighted by Crippen LogP contribution is -2.35. The lowest BCUT2D eigenvalue weighted by molar-refractivity contribution is 0.101. The summed E-state index contributed by atoms with van der Waals surface area (Å²) in [7, 11) is 0. The Labute approximate surface area is 199 Å². The van der Waals surface area contributed by atoms with E-state index in [1.807, 2.05) is 25.1 Å². The molecule has 0 amide bonds. The Balaban J connectivity index is 1.73. The molecule has 0 spiro atoms. The minimum atomic E-state index is -0.225. The zero-order chi connectivity index (χ0) is 23.7. The maximum Gasteiger partial charge on any atom is 0.263 e. The lowest BCUT2D eigenvalue weighted by Gasteiger charge is -2.30. The van der Waals surface area contributed by atoms with Crippen LogP contribution in [0.25, 0.3) is 11.0 Å². The van der Waals surface area contributed by atoms with Gasteiger partial charge in [-0.15, -0.1) is 0 Å². The number of pyridine rings is 2. The van der Waals surface area contributed by atoms with Crippen LogP contribution in [-0.2, 0) is 0 Å². The third-order valence-corrected chi connectivity index (χ3v) is 7.26. The molecule has 5 rings (SSSR count). The summed E-state index contributed by atoms with van der Waals surface area (Å²) in [6.45, 7) is 5.22. The van der Waals surface area contributed by atoms with Gasteiger partial charge in [0.1, 0.15) is 11.5 Å². The molecule has 1 aliphatic heterocycles. The van der Waals surface area contributed by atoms with E-state index < -0.39 is 0 Å². The molecule has 1 N–H and O–H groups in total. The zero-order valence-electron chi connectivity index (χ0n) is 20.0. The van der Waals surface area contributed by atoms with Gasteiger partial charge in [-0.3, -0.25) is 19.1 Å². The number of carbonyl (C=O) groups is 1. The second-order valence-corrected chi connectivity index (χ2v) is 9.47. The predicted octanol–water partition coefficient (Wildman–Crippen LogP) is 4.09. The predicted molar refractivity (Wildman–Crippen MR) is 133 cm³/mol. The van der Waals surface area contributed by atoms with Crippen molar-refractivity contribution in [2.24, 2.45) is 0 Å². The number of Topliss-reactive ketones (excluding diaryl/α,β-unsaturated/α-hetero) is 1. The van der Waals surface area contributed by atoms with E-state index in [4.69, 9.17) is 9.97 Å². The highest BCUT2D eigenvalue weighted by Crippen LogP contribution is 2.33. The van der Waals surface area contributed by atoms with Crippen molar-refractivity contribution in [2.45, 2.75) is 70.9 Å². The van der Waals surface area contributed by atoms with Crippen LogP contribution in [-0.4, -0.2) is 44.4 Å². The molecule has 34 heavy (non-hydrogen) atoms. The first-order valence-corrected chi connectivity index (χ1v) is 12.4. The van der Waals surface area contributed by atoms with Crippen LogP contribution >= 0.6 is 0 Å². The molecule has 1 saturated carbocycles. The first-order valence-electron chi connectivity index (χ1n) is 12.4. The van der Waals surface area contributed by atoms with E-state index in [1.165, 1.54) is 6.92 Å². The number of aryl methyl sites for hydroxylation is 1. The van der Waals surface area contributed by atoms with Crippen LogP contribution in [0, 0.1) is 6.92 Å². The number of anilines is 2. The molecule has 2 aliphatic rings. The van der Waals surface area contributed by atoms with Crippen molar-refractivity contribution in [3.8, 4) is 0 Å². The monoisotopic (exact) mass is 460 g/mol. The van der Waals surface area contributed by atoms with Crippen LogP contribution in [0.5, 0.6) is 0 Å². The third-order valence-electron chi connectivity index (χ3n) is 7.26. The summed E-state index contributed by atoms with van der Waals surface area (Å²) in [4.78, 5) is 42.6. The van der Waals surface area contributed by atoms with E-state index >= 15 is 0 Å². The van der Waals surface area contributed by atoms with Gasteiger partial charge in [-0.05, 0) is 76.7 Å². The van der Waals surface area contributed by atoms with Crippen LogP contribution in [0.4, 0.5) is 11.8 Å². The second kappa shape index (κ2) is 9.62. The molecule has 3 aromatic heterocycles. The Morgan fingerprint density at radius 3 is 2.65 bits per heavy atom. The average molecular weight is 461 g/mol. The summed E-state index contributed by atoms with van der Waals surface area (Å²) < 4.78 is 1.78. The highest BCUT2D eigenvalue weighted by molar-refractivity contribution is 5.99. The van der Waals surface area contributed by atoms with Crippen molar-refractivity contribution in [3.63, 3.8) is 0 Å². The van der Waals surface area contributed by atoms with Gasteiger partial charge in [0.2, 0.25) is 5.95 Å². The average Bonchev–Trinajstić information content (AvgIpc) is 3.22. The van der Waals surface area contributed by atoms with Crippen molar-refractivity contribution in [3.05, 3.63) is 52.1 Å². The standard InChI is InChI=1S/C26H32N6O2/c1-17-21-16-29-26(31(22-11-5-6-14-28-22)20-10-7-13-27-15-12-20)30-24(21)32(19-8-3-4-9-19)25(34)23(17)18(2)33/h5-6,11,14,16,19-20,27H,3-4,7-10,12-13,15H2,1-2H3. The van der Waals surface area contributed by atoms with Crippen LogP contribution in [0.1, 0.15) is 73.8 Å². The number of hydrogen-bond acceptors (Lipinski definition) is 7. The molecule has 8 nitrogen and oxygen atoms in total. The first kappa shape index (κ1) is 22.7. The van der Waals surface area contributed by atoms with Crippen molar-refractivity contribution >= 4 is 28.6 Å². The summed E-state index contributed by atoms with van der Waals surface area (Å²) in [5.41, 5.74) is 1.32. The summed E-state index contributed by atoms with van der Waals surface area (Å²) in [6.07, 6.45) is 10.6. The molecular formula is C26H32N6O2. The Morgan fingerprint density at radius 2 is 1.91 bits per heavy atom. The summed E-state index contributed by atoms with van der Waals surface area (Å²) >= 11 is 0. The number of nitrogens with zero attached hydrogens (tertiary/aromatic N) is 5. The minimum absolute atomic E-state index is 0.0573. The normalized spacial score (nSPS) is 19.3. The van der Waals surface area contributed by atoms with Gasteiger partial charge in [0.25, 0.3) is 5.56 Å². The van der Waals surface area contributed by atoms with Crippen LogP contribution in [0.15, 0.2) is 35.4 Å². The highest BCUT2D eigenvalue weighted by atomic mass is 16.1. The van der Waals surface area contributed by atoms with E-state index in [0.29, 0.717) is 17.2 Å². The SMILES string of the molecule is CC(=O)c1c(C)c2cnc(N(c3ccccn3)C3CCCNCC3)nc2n(C2CCCC2)c1=O. The van der Waals surface area contributed by atoms with Gasteiger partial charge in [-0.1, -0.05) is 18.9 Å². The molecule has 1 atom stereocenters. The number of ketones is 1. The Bertz CT molecular complexity index is 1240. The van der Waals surface area contributed by atoms with Gasteiger partial charge in [-0.2, -0.15) is 4.98 Å². The molecule has 1 unspecified atom stereocenters. The molecule has 4 heterocycles. The lowest BCUT2D eigenvalue weighted by atomic mass is 10.0. The van der Waals surface area contributed by atoms with Gasteiger partial charge in [0.15, 0.2) is 5.78 Å². The Morgan fingerprint density at radius 1 is 1.09 bits per heavy atom. The van der Waals surface area contributed by atoms with Gasteiger partial charge >= 0.3 is 0 Å². The van der Waals surface area contributed by atoms with Crippen molar-refractivity contribution in [1.82, 2.24) is 24.8 Å². The maximum absolute atomic E-state index is 13.6. The van der Waals surface area contributed by atoms with E-state index in [0.717, 1.165) is 69.2 Å². The fraction of sp³-hybridized carbons (Fsp3) is 0.500. The van der Waals surface area contributed by atoms with Crippen LogP contribution in [0.2, 0.25) is 0 Å². The Kier molecular flexibility index (Phi) is 6.41. The van der Waals surface area contributed by atoms with E-state index in [2.05, 4.69) is 15.2 Å². The number of carbonyl (C=O) groups excluding carboxylic acids is 1. The number of aromatic nitrogens is 4. The molecule has 8 heteroatoms. The molecule has 2 fully saturated rings. The molecule has 0 radical (unpaired) electrons. The molecule has 1 saturated heterocycles. The van der Waals surface area contributed by atoms with Crippen molar-refractivity contribution < 1.29 is 4.79 Å². The number of hydrogen-bond donors (Lipinski definition) is 1.